The zero-order valence-corrected chi connectivity index (χ0v) is 20.4. The SMILES string of the molecule is COCC1Nc2ccccc2[C@H]2[C@H]1CCN2C(=O)[C@H]1CCCC[C@H]1NC(=O)c1ccc2[nH]nnc2c1. The third-order valence-electron chi connectivity index (χ3n) is 8.20. The number of anilines is 1. The molecule has 9 heteroatoms. The van der Waals surface area contributed by atoms with Crippen LogP contribution in [0.5, 0.6) is 0 Å². The number of aromatic nitrogens is 3. The highest BCUT2D eigenvalue weighted by Gasteiger charge is 2.48. The zero-order valence-electron chi connectivity index (χ0n) is 20.4. The first-order valence-electron chi connectivity index (χ1n) is 12.9. The van der Waals surface area contributed by atoms with Crippen molar-refractivity contribution in [2.75, 3.05) is 25.6 Å². The lowest BCUT2D eigenvalue weighted by Crippen LogP contribution is -2.50. The predicted octanol–water partition coefficient (Wildman–Crippen LogP) is 3.28. The summed E-state index contributed by atoms with van der Waals surface area (Å²) in [6.07, 6.45) is 4.54. The van der Waals surface area contributed by atoms with E-state index in [1.165, 1.54) is 5.56 Å². The summed E-state index contributed by atoms with van der Waals surface area (Å²) in [4.78, 5) is 29.3. The molecular weight excluding hydrogens is 456 g/mol. The Labute approximate surface area is 210 Å². The van der Waals surface area contributed by atoms with E-state index in [1.54, 1.807) is 19.2 Å². The van der Waals surface area contributed by atoms with Crippen LogP contribution < -0.4 is 10.6 Å². The molecule has 1 saturated heterocycles. The molecule has 0 spiro atoms. The van der Waals surface area contributed by atoms with Crippen molar-refractivity contribution in [2.45, 2.75) is 50.2 Å². The highest BCUT2D eigenvalue weighted by Crippen LogP contribution is 2.47. The number of carbonyl (C=O) groups is 2. The fourth-order valence-corrected chi connectivity index (χ4v) is 6.47. The minimum absolute atomic E-state index is 0.0305. The van der Waals surface area contributed by atoms with Crippen molar-refractivity contribution in [3.05, 3.63) is 53.6 Å². The van der Waals surface area contributed by atoms with Gasteiger partial charge in [-0.05, 0) is 49.1 Å². The van der Waals surface area contributed by atoms with Gasteiger partial charge in [-0.1, -0.05) is 36.3 Å². The number of nitrogens with one attached hydrogen (secondary N) is 3. The minimum atomic E-state index is -0.222. The number of fused-ring (bicyclic) bond motifs is 4. The third-order valence-corrected chi connectivity index (χ3v) is 8.20. The van der Waals surface area contributed by atoms with Gasteiger partial charge in [-0.3, -0.25) is 14.7 Å². The summed E-state index contributed by atoms with van der Waals surface area (Å²) < 4.78 is 5.52. The standard InChI is InChI=1S/C27H32N6O3/c1-36-15-24-18-12-13-33(25(18)17-6-2-4-8-20(17)28-24)27(35)19-7-3-5-9-21(19)29-26(34)16-10-11-22-23(14-16)31-32-30-22/h2,4,6,8,10-11,14,18-19,21,24-25,28H,3,5,7,9,12-13,15H2,1H3,(H,29,34)(H,30,31,32)/t18-,19-,21+,24?,25-/m0/s1. The van der Waals surface area contributed by atoms with Crippen molar-refractivity contribution in [3.8, 4) is 0 Å². The topological polar surface area (TPSA) is 112 Å². The number of carbonyl (C=O) groups excluding carboxylic acids is 2. The summed E-state index contributed by atoms with van der Waals surface area (Å²) in [6, 6.07) is 13.6. The Hall–Kier alpha value is -3.46. The largest absolute Gasteiger partial charge is 0.383 e. The van der Waals surface area contributed by atoms with Crippen LogP contribution >= 0.6 is 0 Å². The quantitative estimate of drug-likeness (QED) is 0.508. The van der Waals surface area contributed by atoms with Crippen LogP contribution in [0, 0.1) is 11.8 Å². The van der Waals surface area contributed by atoms with Crippen LogP contribution in [0.1, 0.15) is 54.1 Å². The number of hydrogen-bond donors (Lipinski definition) is 3. The minimum Gasteiger partial charge on any atom is -0.383 e. The van der Waals surface area contributed by atoms with Gasteiger partial charge in [-0.2, -0.15) is 0 Å². The molecule has 0 bridgehead atoms. The van der Waals surface area contributed by atoms with Gasteiger partial charge >= 0.3 is 0 Å². The van der Waals surface area contributed by atoms with Crippen molar-refractivity contribution in [2.24, 2.45) is 11.8 Å². The average Bonchev–Trinajstić information content (AvgIpc) is 3.56. The Kier molecular flexibility index (Phi) is 6.08. The molecular formula is C27H32N6O3. The molecule has 2 aliphatic heterocycles. The van der Waals surface area contributed by atoms with E-state index in [0.29, 0.717) is 23.6 Å². The Morgan fingerprint density at radius 3 is 2.89 bits per heavy atom. The number of methoxy groups -OCH3 is 1. The van der Waals surface area contributed by atoms with Gasteiger partial charge in [0, 0.05) is 36.9 Å². The fraction of sp³-hybridized carbons (Fsp3) is 0.481. The maximum Gasteiger partial charge on any atom is 0.251 e. The molecule has 0 radical (unpaired) electrons. The fourth-order valence-electron chi connectivity index (χ4n) is 6.47. The lowest BCUT2D eigenvalue weighted by Gasteiger charge is -2.41. The Morgan fingerprint density at radius 1 is 1.14 bits per heavy atom. The van der Waals surface area contributed by atoms with Crippen LogP contribution in [0.4, 0.5) is 5.69 Å². The third kappa shape index (κ3) is 4.01. The van der Waals surface area contributed by atoms with Crippen LogP contribution in [0.25, 0.3) is 11.0 Å². The van der Waals surface area contributed by atoms with Crippen LogP contribution in [-0.4, -0.2) is 64.5 Å². The van der Waals surface area contributed by atoms with Gasteiger partial charge in [0.15, 0.2) is 0 Å². The van der Waals surface area contributed by atoms with E-state index in [4.69, 9.17) is 4.74 Å². The number of benzene rings is 2. The predicted molar refractivity (Wildman–Crippen MR) is 135 cm³/mol. The van der Waals surface area contributed by atoms with Gasteiger partial charge < -0.3 is 20.3 Å². The monoisotopic (exact) mass is 488 g/mol. The van der Waals surface area contributed by atoms with Crippen molar-refractivity contribution in [1.29, 1.82) is 0 Å². The van der Waals surface area contributed by atoms with Crippen LogP contribution in [0.2, 0.25) is 0 Å². The molecule has 188 valence electrons. The van der Waals surface area contributed by atoms with Crippen LogP contribution in [0.3, 0.4) is 0 Å². The van der Waals surface area contributed by atoms with E-state index in [-0.39, 0.29) is 35.9 Å². The van der Waals surface area contributed by atoms with Crippen molar-refractivity contribution >= 4 is 28.5 Å². The summed E-state index contributed by atoms with van der Waals surface area (Å²) in [6.45, 7) is 1.33. The summed E-state index contributed by atoms with van der Waals surface area (Å²) in [5.41, 5.74) is 4.23. The molecule has 3 aliphatic rings. The first-order chi connectivity index (χ1) is 17.6. The molecule has 1 saturated carbocycles. The number of H-pyrrole nitrogens is 1. The summed E-state index contributed by atoms with van der Waals surface area (Å²) in [5, 5.41) is 17.4. The van der Waals surface area contributed by atoms with E-state index in [9.17, 15) is 9.59 Å². The average molecular weight is 489 g/mol. The van der Waals surface area contributed by atoms with E-state index < -0.39 is 0 Å². The van der Waals surface area contributed by atoms with Gasteiger partial charge in [0.1, 0.15) is 5.52 Å². The van der Waals surface area contributed by atoms with Gasteiger partial charge in [-0.25, -0.2) is 0 Å². The molecule has 1 aliphatic carbocycles. The second-order valence-electron chi connectivity index (χ2n) is 10.2. The second-order valence-corrected chi connectivity index (χ2v) is 10.2. The molecule has 3 aromatic rings. The lowest BCUT2D eigenvalue weighted by molar-refractivity contribution is -0.139. The number of ether oxygens (including phenoxy) is 1. The number of likely N-dealkylation sites (tertiary alicyclic amines) is 1. The van der Waals surface area contributed by atoms with Crippen LogP contribution in [0.15, 0.2) is 42.5 Å². The summed E-state index contributed by atoms with van der Waals surface area (Å²) >= 11 is 0. The number of aromatic amines is 1. The number of rotatable bonds is 5. The molecule has 1 aromatic heterocycles. The van der Waals surface area contributed by atoms with Gasteiger partial charge in [-0.15, -0.1) is 5.10 Å². The number of amides is 2. The molecule has 1 unspecified atom stereocenters. The maximum absolute atomic E-state index is 14.1. The van der Waals surface area contributed by atoms with Gasteiger partial charge in [0.05, 0.1) is 30.1 Å². The first-order valence-corrected chi connectivity index (χ1v) is 12.9. The molecule has 5 atom stereocenters. The Balaban J connectivity index is 1.23. The number of nitrogens with zero attached hydrogens (tertiary/aromatic N) is 3. The number of para-hydroxylation sites is 1. The normalized spacial score (nSPS) is 27.2. The molecule has 6 rings (SSSR count). The highest BCUT2D eigenvalue weighted by atomic mass is 16.5. The Morgan fingerprint density at radius 2 is 2.00 bits per heavy atom. The van der Waals surface area contributed by atoms with Crippen LogP contribution in [-0.2, 0) is 9.53 Å². The van der Waals surface area contributed by atoms with E-state index in [1.807, 2.05) is 18.2 Å². The zero-order chi connectivity index (χ0) is 24.6. The van der Waals surface area contributed by atoms with Gasteiger partial charge in [0.2, 0.25) is 5.91 Å². The second kappa shape index (κ2) is 9.54. The molecule has 36 heavy (non-hydrogen) atoms. The molecule has 2 fully saturated rings. The van der Waals surface area contributed by atoms with E-state index >= 15 is 0 Å². The van der Waals surface area contributed by atoms with E-state index in [0.717, 1.165) is 49.9 Å². The highest BCUT2D eigenvalue weighted by molar-refractivity contribution is 5.97. The number of hydrogen-bond acceptors (Lipinski definition) is 6. The smallest absolute Gasteiger partial charge is 0.251 e. The lowest BCUT2D eigenvalue weighted by atomic mass is 9.81. The van der Waals surface area contributed by atoms with Crippen molar-refractivity contribution in [3.63, 3.8) is 0 Å². The van der Waals surface area contributed by atoms with Gasteiger partial charge in [0.25, 0.3) is 5.91 Å². The molecule has 9 nitrogen and oxygen atoms in total. The van der Waals surface area contributed by atoms with Crippen molar-refractivity contribution in [1.82, 2.24) is 25.6 Å². The van der Waals surface area contributed by atoms with Crippen molar-refractivity contribution < 1.29 is 14.3 Å². The molecule has 2 amide bonds. The molecule has 3 heterocycles. The maximum atomic E-state index is 14.1. The van der Waals surface area contributed by atoms with E-state index in [2.05, 4.69) is 43.1 Å². The summed E-state index contributed by atoms with van der Waals surface area (Å²) in [7, 11) is 1.73. The summed E-state index contributed by atoms with van der Waals surface area (Å²) in [5.74, 6) is 0.0679. The Bertz CT molecular complexity index is 1280. The first kappa shape index (κ1) is 23.0. The molecule has 3 N–H and O–H groups in total. The molecule has 2 aromatic carbocycles.